The molecule has 0 saturated carbocycles. The number of hydrogen-bond donors (Lipinski definition) is 1. The predicted octanol–water partition coefficient (Wildman–Crippen LogP) is 5.36. The number of halogens is 2. The highest BCUT2D eigenvalue weighted by Crippen LogP contribution is 2.33. The van der Waals surface area contributed by atoms with Crippen LogP contribution in [0.4, 0.5) is 0 Å². The third-order valence-corrected chi connectivity index (χ3v) is 4.85. The fraction of sp³-hybridized carbons (Fsp3) is 0.286. The lowest BCUT2D eigenvalue weighted by Gasteiger charge is -2.19. The van der Waals surface area contributed by atoms with Gasteiger partial charge in [0.05, 0.1) is 6.04 Å². The first-order chi connectivity index (χ1) is 8.72. The highest BCUT2D eigenvalue weighted by molar-refractivity contribution is 9.11. The smallest absolute Gasteiger partial charge is 0.0682 e. The minimum Gasteiger partial charge on any atom is -0.306 e. The Bertz CT molecular complexity index is 497. The second kappa shape index (κ2) is 6.85. The summed E-state index contributed by atoms with van der Waals surface area (Å²) in [6.07, 6.45) is 1.13. The van der Waals surface area contributed by atoms with Gasteiger partial charge in [-0.15, -0.1) is 11.3 Å². The van der Waals surface area contributed by atoms with Gasteiger partial charge in [0, 0.05) is 13.8 Å². The Morgan fingerprint density at radius 1 is 1.28 bits per heavy atom. The largest absolute Gasteiger partial charge is 0.306 e. The fourth-order valence-electron chi connectivity index (χ4n) is 1.84. The van der Waals surface area contributed by atoms with E-state index in [1.807, 2.05) is 0 Å². The highest BCUT2D eigenvalue weighted by atomic mass is 79.9. The first-order valence-corrected chi connectivity index (χ1v) is 8.40. The van der Waals surface area contributed by atoms with Gasteiger partial charge in [0.25, 0.3) is 0 Å². The van der Waals surface area contributed by atoms with Crippen LogP contribution >= 0.6 is 43.2 Å². The van der Waals surface area contributed by atoms with Crippen LogP contribution in [0.15, 0.2) is 44.7 Å². The Morgan fingerprint density at radius 2 is 2.11 bits per heavy atom. The van der Waals surface area contributed by atoms with Crippen molar-refractivity contribution < 1.29 is 0 Å². The van der Waals surface area contributed by atoms with Crippen LogP contribution in [0.5, 0.6) is 0 Å². The van der Waals surface area contributed by atoms with Crippen molar-refractivity contribution in [1.82, 2.24) is 5.32 Å². The molecular formula is C14H15Br2NS. The van der Waals surface area contributed by atoms with Crippen molar-refractivity contribution in [2.75, 3.05) is 6.54 Å². The van der Waals surface area contributed by atoms with Crippen molar-refractivity contribution in [3.05, 3.63) is 55.1 Å². The van der Waals surface area contributed by atoms with Crippen molar-refractivity contribution in [2.24, 2.45) is 0 Å². The van der Waals surface area contributed by atoms with Crippen LogP contribution in [-0.4, -0.2) is 6.54 Å². The van der Waals surface area contributed by atoms with E-state index in [1.54, 1.807) is 11.3 Å². The van der Waals surface area contributed by atoms with Gasteiger partial charge >= 0.3 is 0 Å². The van der Waals surface area contributed by atoms with Crippen molar-refractivity contribution in [3.8, 4) is 0 Å². The van der Waals surface area contributed by atoms with E-state index in [2.05, 4.69) is 79.8 Å². The van der Waals surface area contributed by atoms with Gasteiger partial charge in [-0.3, -0.25) is 0 Å². The quantitative estimate of drug-likeness (QED) is 0.726. The molecule has 0 aliphatic rings. The Morgan fingerprint density at radius 3 is 2.78 bits per heavy atom. The molecule has 96 valence electrons. The van der Waals surface area contributed by atoms with Gasteiger partial charge < -0.3 is 5.32 Å². The van der Waals surface area contributed by atoms with E-state index in [1.165, 1.54) is 10.4 Å². The summed E-state index contributed by atoms with van der Waals surface area (Å²) >= 11 is 9.00. The summed E-state index contributed by atoms with van der Waals surface area (Å²) < 4.78 is 2.26. The lowest BCUT2D eigenvalue weighted by molar-refractivity contribution is 0.604. The maximum absolute atomic E-state index is 3.65. The number of rotatable bonds is 5. The standard InChI is InChI=1S/C14H15Br2NS/c1-2-7-17-14(13-4-3-8-18-13)11-9-10(15)5-6-12(11)16/h3-6,8-9,14,17H,2,7H2,1H3. The van der Waals surface area contributed by atoms with Gasteiger partial charge in [0.2, 0.25) is 0 Å². The number of nitrogens with one attached hydrogen (secondary N) is 1. The van der Waals surface area contributed by atoms with Crippen LogP contribution in [0, 0.1) is 0 Å². The number of hydrogen-bond acceptors (Lipinski definition) is 2. The average Bonchev–Trinajstić information content (AvgIpc) is 2.88. The summed E-state index contributed by atoms with van der Waals surface area (Å²) in [6.45, 7) is 3.20. The Kier molecular flexibility index (Phi) is 5.42. The summed E-state index contributed by atoms with van der Waals surface area (Å²) in [5.41, 5.74) is 1.28. The molecular weight excluding hydrogens is 374 g/mol. The zero-order chi connectivity index (χ0) is 13.0. The number of thiophene rings is 1. The van der Waals surface area contributed by atoms with E-state index in [0.29, 0.717) is 0 Å². The van der Waals surface area contributed by atoms with Crippen LogP contribution in [0.3, 0.4) is 0 Å². The van der Waals surface area contributed by atoms with Crippen LogP contribution in [0.25, 0.3) is 0 Å². The molecule has 4 heteroatoms. The third kappa shape index (κ3) is 3.44. The molecule has 2 rings (SSSR count). The summed E-state index contributed by atoms with van der Waals surface area (Å²) in [5.74, 6) is 0. The lowest BCUT2D eigenvalue weighted by atomic mass is 10.1. The van der Waals surface area contributed by atoms with E-state index >= 15 is 0 Å². The summed E-state index contributed by atoms with van der Waals surface area (Å²) in [5, 5.41) is 5.74. The second-order valence-electron chi connectivity index (χ2n) is 4.07. The minimum absolute atomic E-state index is 0.261. The molecule has 0 radical (unpaired) electrons. The van der Waals surface area contributed by atoms with E-state index in [0.717, 1.165) is 21.9 Å². The molecule has 1 aromatic heterocycles. The van der Waals surface area contributed by atoms with Gasteiger partial charge in [-0.2, -0.15) is 0 Å². The molecule has 18 heavy (non-hydrogen) atoms. The molecule has 1 unspecified atom stereocenters. The van der Waals surface area contributed by atoms with E-state index < -0.39 is 0 Å². The maximum Gasteiger partial charge on any atom is 0.0682 e. The zero-order valence-electron chi connectivity index (χ0n) is 10.1. The van der Waals surface area contributed by atoms with Crippen LogP contribution in [0.2, 0.25) is 0 Å². The Balaban J connectivity index is 2.36. The molecule has 0 aliphatic carbocycles. The van der Waals surface area contributed by atoms with E-state index in [-0.39, 0.29) is 6.04 Å². The van der Waals surface area contributed by atoms with Crippen molar-refractivity contribution >= 4 is 43.2 Å². The van der Waals surface area contributed by atoms with Crippen LogP contribution in [0.1, 0.15) is 29.8 Å². The van der Waals surface area contributed by atoms with Gasteiger partial charge in [-0.05, 0) is 48.2 Å². The molecule has 1 N–H and O–H groups in total. The lowest BCUT2D eigenvalue weighted by Crippen LogP contribution is -2.22. The summed E-state index contributed by atoms with van der Waals surface area (Å²) in [4.78, 5) is 1.35. The predicted molar refractivity (Wildman–Crippen MR) is 86.3 cm³/mol. The third-order valence-electron chi connectivity index (χ3n) is 2.70. The van der Waals surface area contributed by atoms with Gasteiger partial charge in [0.1, 0.15) is 0 Å². The number of benzene rings is 1. The maximum atomic E-state index is 3.65. The molecule has 1 atom stereocenters. The minimum atomic E-state index is 0.261. The Hall–Kier alpha value is -0.160. The van der Waals surface area contributed by atoms with Crippen LogP contribution in [-0.2, 0) is 0 Å². The molecule has 2 aromatic rings. The highest BCUT2D eigenvalue weighted by Gasteiger charge is 2.17. The van der Waals surface area contributed by atoms with Crippen molar-refractivity contribution in [1.29, 1.82) is 0 Å². The second-order valence-corrected chi connectivity index (χ2v) is 6.82. The van der Waals surface area contributed by atoms with Gasteiger partial charge in [-0.1, -0.05) is 44.8 Å². The van der Waals surface area contributed by atoms with Crippen molar-refractivity contribution in [2.45, 2.75) is 19.4 Å². The average molecular weight is 389 g/mol. The monoisotopic (exact) mass is 387 g/mol. The first-order valence-electron chi connectivity index (χ1n) is 5.94. The van der Waals surface area contributed by atoms with Crippen molar-refractivity contribution in [3.63, 3.8) is 0 Å². The molecule has 0 fully saturated rings. The molecule has 0 saturated heterocycles. The fourth-order valence-corrected chi connectivity index (χ4v) is 3.52. The summed E-state index contributed by atoms with van der Waals surface area (Å²) in [7, 11) is 0. The van der Waals surface area contributed by atoms with Gasteiger partial charge in [-0.25, -0.2) is 0 Å². The SMILES string of the molecule is CCCNC(c1cccs1)c1cc(Br)ccc1Br. The topological polar surface area (TPSA) is 12.0 Å². The van der Waals surface area contributed by atoms with E-state index in [9.17, 15) is 0 Å². The molecule has 0 bridgehead atoms. The Labute approximate surface area is 129 Å². The molecule has 1 nitrogen and oxygen atoms in total. The molecule has 0 spiro atoms. The zero-order valence-corrected chi connectivity index (χ0v) is 14.1. The van der Waals surface area contributed by atoms with E-state index in [4.69, 9.17) is 0 Å². The molecule has 0 amide bonds. The first kappa shape index (κ1) is 14.3. The molecule has 1 heterocycles. The normalized spacial score (nSPS) is 12.6. The van der Waals surface area contributed by atoms with Gasteiger partial charge in [0.15, 0.2) is 0 Å². The molecule has 0 aliphatic heterocycles. The summed E-state index contributed by atoms with van der Waals surface area (Å²) in [6, 6.07) is 10.9. The van der Waals surface area contributed by atoms with Crippen LogP contribution < -0.4 is 5.32 Å². The molecule has 1 aromatic carbocycles.